The second kappa shape index (κ2) is 7.89. The van der Waals surface area contributed by atoms with Gasteiger partial charge in [-0.1, -0.05) is 24.3 Å². The van der Waals surface area contributed by atoms with E-state index in [4.69, 9.17) is 14.7 Å². The summed E-state index contributed by atoms with van der Waals surface area (Å²) in [5.74, 6) is 1.61. The predicted octanol–water partition coefficient (Wildman–Crippen LogP) is 4.25. The normalized spacial score (nSPS) is 14.2. The van der Waals surface area contributed by atoms with Crippen molar-refractivity contribution >= 4 is 40.8 Å². The molecule has 136 valence electrons. The van der Waals surface area contributed by atoms with E-state index in [-0.39, 0.29) is 12.4 Å². The number of ether oxygens (including phenoxy) is 1. The van der Waals surface area contributed by atoms with Gasteiger partial charge in [-0.15, -0.1) is 12.4 Å². The molecular formula is C20H23ClN4O. The lowest BCUT2D eigenvalue weighted by Crippen LogP contribution is -2.37. The number of fused-ring (bicyclic) bond motifs is 1. The number of hydrogen-bond acceptors (Lipinski definition) is 5. The van der Waals surface area contributed by atoms with Crippen molar-refractivity contribution in [3.63, 3.8) is 0 Å². The third kappa shape index (κ3) is 3.74. The van der Waals surface area contributed by atoms with Crippen LogP contribution in [0.25, 0.3) is 10.9 Å². The number of aromatic nitrogens is 2. The Kier molecular flexibility index (Phi) is 5.59. The van der Waals surface area contributed by atoms with Gasteiger partial charge in [0, 0.05) is 24.2 Å². The Balaban J connectivity index is 0.00000196. The van der Waals surface area contributed by atoms with Crippen molar-refractivity contribution in [2.75, 3.05) is 36.5 Å². The zero-order valence-corrected chi connectivity index (χ0v) is 15.8. The summed E-state index contributed by atoms with van der Waals surface area (Å²) in [7, 11) is 0. The maximum atomic E-state index is 5.49. The molecule has 2 heterocycles. The zero-order chi connectivity index (χ0) is 17.2. The molecule has 0 unspecified atom stereocenters. The summed E-state index contributed by atoms with van der Waals surface area (Å²) in [6, 6.07) is 14.5. The molecule has 1 N–H and O–H groups in total. The first-order valence-electron chi connectivity index (χ1n) is 8.64. The highest BCUT2D eigenvalue weighted by molar-refractivity contribution is 5.90. The number of anilines is 3. The molecule has 1 saturated heterocycles. The van der Waals surface area contributed by atoms with Crippen LogP contribution >= 0.6 is 12.4 Å². The topological polar surface area (TPSA) is 50.3 Å². The lowest BCUT2D eigenvalue weighted by atomic mass is 10.1. The highest BCUT2D eigenvalue weighted by atomic mass is 35.5. The Labute approximate surface area is 159 Å². The fourth-order valence-electron chi connectivity index (χ4n) is 3.12. The summed E-state index contributed by atoms with van der Waals surface area (Å²) < 4.78 is 5.49. The zero-order valence-electron chi connectivity index (χ0n) is 15.0. The number of nitrogens with one attached hydrogen (secondary N) is 1. The largest absolute Gasteiger partial charge is 0.378 e. The molecule has 1 fully saturated rings. The van der Waals surface area contributed by atoms with Gasteiger partial charge in [0.2, 0.25) is 5.95 Å². The molecule has 26 heavy (non-hydrogen) atoms. The molecule has 0 amide bonds. The lowest BCUT2D eigenvalue weighted by molar-refractivity contribution is 0.122. The molecule has 3 aromatic rings. The van der Waals surface area contributed by atoms with Gasteiger partial charge in [-0.3, -0.25) is 0 Å². The van der Waals surface area contributed by atoms with Gasteiger partial charge in [0.05, 0.1) is 18.7 Å². The summed E-state index contributed by atoms with van der Waals surface area (Å²) >= 11 is 0. The van der Waals surface area contributed by atoms with Crippen LogP contribution in [0.3, 0.4) is 0 Å². The first-order valence-corrected chi connectivity index (χ1v) is 8.64. The van der Waals surface area contributed by atoms with E-state index in [0.717, 1.165) is 48.7 Å². The van der Waals surface area contributed by atoms with Crippen LogP contribution in [0.5, 0.6) is 0 Å². The SMILES string of the molecule is Cc1ccc(C)c(Nc2nc(N3CCOCC3)c3ccccc3n2)c1.Cl. The molecule has 2 aromatic carbocycles. The lowest BCUT2D eigenvalue weighted by Gasteiger charge is -2.29. The Morgan fingerprint density at radius 2 is 1.77 bits per heavy atom. The number of nitrogens with zero attached hydrogens (tertiary/aromatic N) is 3. The van der Waals surface area contributed by atoms with Crippen LogP contribution in [0, 0.1) is 13.8 Å². The minimum atomic E-state index is 0. The molecule has 1 aromatic heterocycles. The van der Waals surface area contributed by atoms with Crippen LogP contribution in [0.4, 0.5) is 17.5 Å². The van der Waals surface area contributed by atoms with E-state index < -0.39 is 0 Å². The van der Waals surface area contributed by atoms with Crippen LogP contribution in [0.1, 0.15) is 11.1 Å². The molecule has 0 spiro atoms. The van der Waals surface area contributed by atoms with Gasteiger partial charge < -0.3 is 15.0 Å². The van der Waals surface area contributed by atoms with Crippen LogP contribution in [0.2, 0.25) is 0 Å². The summed E-state index contributed by atoms with van der Waals surface area (Å²) in [6.45, 7) is 7.35. The minimum Gasteiger partial charge on any atom is -0.378 e. The molecular weight excluding hydrogens is 348 g/mol. The van der Waals surface area contributed by atoms with Crippen molar-refractivity contribution in [2.45, 2.75) is 13.8 Å². The Morgan fingerprint density at radius 1 is 1.00 bits per heavy atom. The van der Waals surface area contributed by atoms with Crippen molar-refractivity contribution < 1.29 is 4.74 Å². The van der Waals surface area contributed by atoms with Gasteiger partial charge in [0.25, 0.3) is 0 Å². The van der Waals surface area contributed by atoms with Gasteiger partial charge in [-0.05, 0) is 43.2 Å². The molecule has 0 bridgehead atoms. The van der Waals surface area contributed by atoms with Crippen molar-refractivity contribution in [2.24, 2.45) is 0 Å². The highest BCUT2D eigenvalue weighted by Gasteiger charge is 2.17. The summed E-state index contributed by atoms with van der Waals surface area (Å²) in [5, 5.41) is 4.48. The number of benzene rings is 2. The first kappa shape index (κ1) is 18.4. The van der Waals surface area contributed by atoms with E-state index in [1.165, 1.54) is 11.1 Å². The molecule has 0 atom stereocenters. The number of morpholine rings is 1. The highest BCUT2D eigenvalue weighted by Crippen LogP contribution is 2.28. The number of aryl methyl sites for hydroxylation is 2. The quantitative estimate of drug-likeness (QED) is 0.747. The van der Waals surface area contributed by atoms with Gasteiger partial charge in [-0.25, -0.2) is 4.98 Å². The van der Waals surface area contributed by atoms with Crippen LogP contribution in [-0.4, -0.2) is 36.3 Å². The van der Waals surface area contributed by atoms with E-state index in [9.17, 15) is 0 Å². The molecule has 6 heteroatoms. The third-order valence-corrected chi connectivity index (χ3v) is 4.53. The maximum Gasteiger partial charge on any atom is 0.229 e. The molecule has 0 aliphatic carbocycles. The van der Waals surface area contributed by atoms with Crippen molar-refractivity contribution in [3.8, 4) is 0 Å². The van der Waals surface area contributed by atoms with Crippen molar-refractivity contribution in [1.82, 2.24) is 9.97 Å². The maximum absolute atomic E-state index is 5.49. The van der Waals surface area contributed by atoms with Crippen LogP contribution in [0.15, 0.2) is 42.5 Å². The standard InChI is InChI=1S/C20H22N4O.ClH/c1-14-7-8-15(2)18(13-14)22-20-21-17-6-4-3-5-16(17)19(23-20)24-9-11-25-12-10-24;/h3-8,13H,9-12H2,1-2H3,(H,21,22,23);1H. The second-order valence-corrected chi connectivity index (χ2v) is 6.43. The molecule has 4 rings (SSSR count). The number of halogens is 1. The molecule has 0 radical (unpaired) electrons. The van der Waals surface area contributed by atoms with Gasteiger partial charge >= 0.3 is 0 Å². The van der Waals surface area contributed by atoms with E-state index in [1.807, 2.05) is 18.2 Å². The van der Waals surface area contributed by atoms with Crippen LogP contribution in [-0.2, 0) is 4.74 Å². The number of para-hydroxylation sites is 1. The van der Waals surface area contributed by atoms with Crippen LogP contribution < -0.4 is 10.2 Å². The number of hydrogen-bond donors (Lipinski definition) is 1. The Morgan fingerprint density at radius 3 is 2.58 bits per heavy atom. The summed E-state index contributed by atoms with van der Waals surface area (Å²) in [4.78, 5) is 11.8. The smallest absolute Gasteiger partial charge is 0.229 e. The molecule has 5 nitrogen and oxygen atoms in total. The monoisotopic (exact) mass is 370 g/mol. The van der Waals surface area contributed by atoms with Gasteiger partial charge in [-0.2, -0.15) is 4.98 Å². The van der Waals surface area contributed by atoms with Gasteiger partial charge in [0.15, 0.2) is 0 Å². The van der Waals surface area contributed by atoms with E-state index >= 15 is 0 Å². The van der Waals surface area contributed by atoms with E-state index in [0.29, 0.717) is 5.95 Å². The fourth-order valence-corrected chi connectivity index (χ4v) is 3.12. The van der Waals surface area contributed by atoms with E-state index in [2.05, 4.69) is 48.3 Å². The summed E-state index contributed by atoms with van der Waals surface area (Å²) in [5.41, 5.74) is 4.38. The van der Waals surface area contributed by atoms with E-state index in [1.54, 1.807) is 0 Å². The second-order valence-electron chi connectivity index (χ2n) is 6.43. The predicted molar refractivity (Wildman–Crippen MR) is 109 cm³/mol. The first-order chi connectivity index (χ1) is 12.2. The third-order valence-electron chi connectivity index (χ3n) is 4.53. The Bertz CT molecular complexity index is 909. The average molecular weight is 371 g/mol. The van der Waals surface area contributed by atoms with Gasteiger partial charge in [0.1, 0.15) is 5.82 Å². The van der Waals surface area contributed by atoms with Crippen molar-refractivity contribution in [3.05, 3.63) is 53.6 Å². The Hall–Kier alpha value is -2.37. The minimum absolute atomic E-state index is 0. The fraction of sp³-hybridized carbons (Fsp3) is 0.300. The number of rotatable bonds is 3. The van der Waals surface area contributed by atoms with Crippen molar-refractivity contribution in [1.29, 1.82) is 0 Å². The average Bonchev–Trinajstić information content (AvgIpc) is 2.65. The summed E-state index contributed by atoms with van der Waals surface area (Å²) in [6.07, 6.45) is 0. The molecule has 0 saturated carbocycles. The molecule has 1 aliphatic rings. The molecule has 1 aliphatic heterocycles.